The molecule has 8 heteroatoms. The summed E-state index contributed by atoms with van der Waals surface area (Å²) in [6.07, 6.45) is 0. The number of hydrogen-bond donors (Lipinski definition) is 2. The fraction of sp³-hybridized carbons (Fsp3) is 0.333. The van der Waals surface area contributed by atoms with Crippen LogP contribution in [-0.4, -0.2) is 40.2 Å². The Hall–Kier alpha value is -2.74. The predicted molar refractivity (Wildman–Crippen MR) is 104 cm³/mol. The third-order valence-electron chi connectivity index (χ3n) is 3.97. The van der Waals surface area contributed by atoms with Crippen LogP contribution in [0.1, 0.15) is 38.9 Å². The first kappa shape index (κ1) is 18.1. The van der Waals surface area contributed by atoms with Crippen LogP contribution in [0.25, 0.3) is 11.4 Å². The van der Waals surface area contributed by atoms with Crippen LogP contribution in [-0.2, 0) is 0 Å². The molecule has 1 aromatic carbocycles. The lowest BCUT2D eigenvalue weighted by atomic mass is 10.1. The molecular formula is C18H22N6OS. The van der Waals surface area contributed by atoms with Gasteiger partial charge in [-0.3, -0.25) is 9.89 Å². The molecule has 0 radical (unpaired) electrons. The fourth-order valence-electron chi connectivity index (χ4n) is 2.68. The summed E-state index contributed by atoms with van der Waals surface area (Å²) in [6, 6.07) is 7.18. The quantitative estimate of drug-likeness (QED) is 0.721. The lowest BCUT2D eigenvalue weighted by Crippen LogP contribution is -2.27. The number of rotatable bonds is 5. The van der Waals surface area contributed by atoms with Crippen molar-refractivity contribution in [2.45, 2.75) is 26.8 Å². The monoisotopic (exact) mass is 370 g/mol. The van der Waals surface area contributed by atoms with Crippen molar-refractivity contribution in [1.82, 2.24) is 25.5 Å². The molecule has 136 valence electrons. The van der Waals surface area contributed by atoms with Gasteiger partial charge in [0.05, 0.1) is 16.7 Å². The zero-order valence-electron chi connectivity index (χ0n) is 15.5. The van der Waals surface area contributed by atoms with E-state index in [1.54, 1.807) is 23.5 Å². The summed E-state index contributed by atoms with van der Waals surface area (Å²) in [6.45, 7) is 5.94. The van der Waals surface area contributed by atoms with E-state index >= 15 is 0 Å². The molecule has 0 saturated carbocycles. The zero-order chi connectivity index (χ0) is 18.8. The van der Waals surface area contributed by atoms with Gasteiger partial charge in [-0.15, -0.1) is 16.4 Å². The molecule has 0 aliphatic carbocycles. The molecule has 2 heterocycles. The number of nitrogens with one attached hydrogen (secondary N) is 2. The second kappa shape index (κ2) is 7.25. The summed E-state index contributed by atoms with van der Waals surface area (Å²) < 4.78 is 0. The van der Waals surface area contributed by atoms with Crippen LogP contribution < -0.4 is 10.2 Å². The Bertz CT molecular complexity index is 929. The lowest BCUT2D eigenvalue weighted by molar-refractivity contribution is 0.0939. The van der Waals surface area contributed by atoms with Crippen molar-refractivity contribution in [1.29, 1.82) is 0 Å². The minimum atomic E-state index is -0.151. The summed E-state index contributed by atoms with van der Waals surface area (Å²) in [5, 5.41) is 11.1. The van der Waals surface area contributed by atoms with E-state index in [9.17, 15) is 4.79 Å². The number of aromatic amines is 1. The largest absolute Gasteiger partial charge is 0.346 e. The summed E-state index contributed by atoms with van der Waals surface area (Å²) in [5.41, 5.74) is 2.30. The van der Waals surface area contributed by atoms with Crippen molar-refractivity contribution in [3.63, 3.8) is 0 Å². The number of carbonyl (C=O) groups is 1. The Labute approximate surface area is 156 Å². The van der Waals surface area contributed by atoms with Gasteiger partial charge < -0.3 is 10.2 Å². The number of thiazole rings is 1. The van der Waals surface area contributed by atoms with Crippen molar-refractivity contribution in [2.75, 3.05) is 19.0 Å². The van der Waals surface area contributed by atoms with E-state index in [1.807, 2.05) is 51.9 Å². The van der Waals surface area contributed by atoms with E-state index in [1.165, 1.54) is 0 Å². The molecule has 0 bridgehead atoms. The molecule has 1 unspecified atom stereocenters. The number of hydrogen-bond acceptors (Lipinski definition) is 6. The number of benzene rings is 1. The van der Waals surface area contributed by atoms with Crippen LogP contribution >= 0.6 is 11.3 Å². The van der Waals surface area contributed by atoms with Crippen LogP contribution in [0.4, 0.5) is 5.95 Å². The van der Waals surface area contributed by atoms with Gasteiger partial charge in [0.1, 0.15) is 0 Å². The SMILES string of the molecule is Cc1nc(C(C)NC(=O)c2cccc(-c3nc(N(C)C)n[nH]3)c2)c(C)s1. The van der Waals surface area contributed by atoms with Crippen LogP contribution in [0.15, 0.2) is 24.3 Å². The van der Waals surface area contributed by atoms with Gasteiger partial charge in [0, 0.05) is 30.1 Å². The highest BCUT2D eigenvalue weighted by atomic mass is 32.1. The molecule has 0 fully saturated rings. The van der Waals surface area contributed by atoms with E-state index in [2.05, 4.69) is 25.5 Å². The molecule has 3 rings (SSSR count). The number of amides is 1. The van der Waals surface area contributed by atoms with Gasteiger partial charge in [-0.1, -0.05) is 12.1 Å². The first-order valence-corrected chi connectivity index (χ1v) is 9.11. The summed E-state index contributed by atoms with van der Waals surface area (Å²) in [4.78, 5) is 24.5. The van der Waals surface area contributed by atoms with Gasteiger partial charge in [0.15, 0.2) is 5.82 Å². The molecule has 7 nitrogen and oxygen atoms in total. The van der Waals surface area contributed by atoms with E-state index < -0.39 is 0 Å². The Morgan fingerprint density at radius 2 is 2.04 bits per heavy atom. The second-order valence-corrected chi connectivity index (χ2v) is 7.74. The summed E-state index contributed by atoms with van der Waals surface area (Å²) in [5.74, 6) is 1.08. The molecule has 0 aliphatic rings. The molecule has 0 saturated heterocycles. The van der Waals surface area contributed by atoms with Crippen molar-refractivity contribution in [3.05, 3.63) is 45.4 Å². The van der Waals surface area contributed by atoms with Gasteiger partial charge >= 0.3 is 0 Å². The first-order valence-electron chi connectivity index (χ1n) is 8.30. The van der Waals surface area contributed by atoms with Crippen LogP contribution in [0.3, 0.4) is 0 Å². The van der Waals surface area contributed by atoms with E-state index in [-0.39, 0.29) is 11.9 Å². The number of H-pyrrole nitrogens is 1. The average molecular weight is 370 g/mol. The summed E-state index contributed by atoms with van der Waals surface area (Å²) in [7, 11) is 3.75. The van der Waals surface area contributed by atoms with Crippen LogP contribution in [0.5, 0.6) is 0 Å². The van der Waals surface area contributed by atoms with Gasteiger partial charge in [0.25, 0.3) is 5.91 Å². The van der Waals surface area contributed by atoms with E-state index in [0.717, 1.165) is 21.1 Å². The fourth-order valence-corrected chi connectivity index (χ4v) is 3.60. The van der Waals surface area contributed by atoms with Crippen molar-refractivity contribution < 1.29 is 4.79 Å². The maximum absolute atomic E-state index is 12.7. The van der Waals surface area contributed by atoms with E-state index in [0.29, 0.717) is 17.3 Å². The minimum Gasteiger partial charge on any atom is -0.346 e. The number of anilines is 1. The molecular weight excluding hydrogens is 348 g/mol. The summed E-state index contributed by atoms with van der Waals surface area (Å²) >= 11 is 1.64. The number of nitrogens with zero attached hydrogens (tertiary/aromatic N) is 4. The normalized spacial score (nSPS) is 12.0. The molecule has 0 spiro atoms. The molecule has 3 aromatic rings. The molecule has 26 heavy (non-hydrogen) atoms. The lowest BCUT2D eigenvalue weighted by Gasteiger charge is -2.13. The minimum absolute atomic E-state index is 0.142. The smallest absolute Gasteiger partial charge is 0.251 e. The number of carbonyl (C=O) groups excluding carboxylic acids is 1. The maximum Gasteiger partial charge on any atom is 0.251 e. The van der Waals surface area contributed by atoms with Crippen molar-refractivity contribution in [3.8, 4) is 11.4 Å². The number of aromatic nitrogens is 4. The molecule has 2 N–H and O–H groups in total. The first-order chi connectivity index (χ1) is 12.3. The highest BCUT2D eigenvalue weighted by Gasteiger charge is 2.17. The second-order valence-electron chi connectivity index (χ2n) is 6.33. The van der Waals surface area contributed by atoms with Gasteiger partial charge in [-0.25, -0.2) is 4.98 Å². The van der Waals surface area contributed by atoms with Crippen molar-refractivity contribution >= 4 is 23.2 Å². The predicted octanol–water partition coefficient (Wildman–Crippen LogP) is 3.10. The van der Waals surface area contributed by atoms with Gasteiger partial charge in [0.2, 0.25) is 5.95 Å². The molecule has 1 atom stereocenters. The van der Waals surface area contributed by atoms with Gasteiger partial charge in [-0.2, -0.15) is 4.98 Å². The third-order valence-corrected chi connectivity index (χ3v) is 4.87. The third kappa shape index (κ3) is 3.75. The maximum atomic E-state index is 12.7. The van der Waals surface area contributed by atoms with Gasteiger partial charge in [-0.05, 0) is 32.9 Å². The standard InChI is InChI=1S/C18H22N6OS/c1-10(15-11(2)26-12(3)20-15)19-17(25)14-8-6-7-13(9-14)16-21-18(23-22-16)24(4)5/h6-10H,1-5H3,(H,19,25)(H,21,22,23). The van der Waals surface area contributed by atoms with E-state index in [4.69, 9.17) is 0 Å². The highest BCUT2D eigenvalue weighted by Crippen LogP contribution is 2.23. The zero-order valence-corrected chi connectivity index (χ0v) is 16.3. The topological polar surface area (TPSA) is 86.8 Å². The molecule has 0 aliphatic heterocycles. The molecule has 1 amide bonds. The highest BCUT2D eigenvalue weighted by molar-refractivity contribution is 7.11. The Morgan fingerprint density at radius 1 is 1.27 bits per heavy atom. The van der Waals surface area contributed by atoms with Crippen LogP contribution in [0, 0.1) is 13.8 Å². The average Bonchev–Trinajstić information content (AvgIpc) is 3.21. The Kier molecular flexibility index (Phi) is 5.03. The Morgan fingerprint density at radius 3 is 2.65 bits per heavy atom. The molecule has 2 aromatic heterocycles. The Balaban J connectivity index is 1.78. The van der Waals surface area contributed by atoms with Crippen LogP contribution in [0.2, 0.25) is 0 Å². The number of aryl methyl sites for hydroxylation is 2. The van der Waals surface area contributed by atoms with Crippen molar-refractivity contribution in [2.24, 2.45) is 0 Å².